The molecular formula is C24H30Cl2N2O3S. The molecule has 0 saturated heterocycles. The molecule has 8 heteroatoms. The Bertz CT molecular complexity index is 886. The summed E-state index contributed by atoms with van der Waals surface area (Å²) in [5.41, 5.74) is 1.73. The van der Waals surface area contributed by atoms with E-state index in [1.807, 2.05) is 45.0 Å². The molecule has 1 atom stereocenters. The number of methoxy groups -OCH3 is 1. The fourth-order valence-corrected chi connectivity index (χ4v) is 4.60. The van der Waals surface area contributed by atoms with E-state index in [-0.39, 0.29) is 30.2 Å². The summed E-state index contributed by atoms with van der Waals surface area (Å²) in [5, 5.41) is 3.86. The van der Waals surface area contributed by atoms with Gasteiger partial charge in [-0.3, -0.25) is 9.59 Å². The van der Waals surface area contributed by atoms with Crippen molar-refractivity contribution in [1.82, 2.24) is 10.2 Å². The van der Waals surface area contributed by atoms with Crippen molar-refractivity contribution in [1.29, 1.82) is 0 Å². The van der Waals surface area contributed by atoms with Crippen LogP contribution in [-0.2, 0) is 21.9 Å². The van der Waals surface area contributed by atoms with Gasteiger partial charge in [-0.1, -0.05) is 48.3 Å². The van der Waals surface area contributed by atoms with Crippen molar-refractivity contribution in [2.24, 2.45) is 0 Å². The number of halogens is 2. The molecule has 2 rings (SSSR count). The third-order valence-electron chi connectivity index (χ3n) is 4.86. The van der Waals surface area contributed by atoms with Gasteiger partial charge in [-0.15, -0.1) is 11.8 Å². The summed E-state index contributed by atoms with van der Waals surface area (Å²) in [5.74, 6) is 1.38. The minimum absolute atomic E-state index is 0.0261. The first-order valence-corrected chi connectivity index (χ1v) is 12.4. The number of benzene rings is 2. The SMILES string of the molecule is CC[C@H](C(=O)NC(C)C)N(Cc1c(Cl)cccc1Cl)C(=O)CSCc1ccc(OC)cc1. The van der Waals surface area contributed by atoms with Crippen LogP contribution in [0, 0.1) is 0 Å². The highest BCUT2D eigenvalue weighted by molar-refractivity contribution is 7.99. The zero-order chi connectivity index (χ0) is 23.7. The molecule has 5 nitrogen and oxygen atoms in total. The summed E-state index contributed by atoms with van der Waals surface area (Å²) in [6.07, 6.45) is 0.482. The van der Waals surface area contributed by atoms with Crippen LogP contribution in [0.15, 0.2) is 42.5 Å². The number of hydrogen-bond donors (Lipinski definition) is 1. The first-order chi connectivity index (χ1) is 15.3. The van der Waals surface area contributed by atoms with Gasteiger partial charge in [0.1, 0.15) is 11.8 Å². The number of nitrogens with one attached hydrogen (secondary N) is 1. The molecule has 0 saturated carbocycles. The summed E-state index contributed by atoms with van der Waals surface area (Å²) in [7, 11) is 1.63. The monoisotopic (exact) mass is 496 g/mol. The molecule has 0 aliphatic rings. The normalized spacial score (nSPS) is 11.8. The van der Waals surface area contributed by atoms with Crippen LogP contribution < -0.4 is 10.1 Å². The van der Waals surface area contributed by atoms with Gasteiger partial charge in [-0.25, -0.2) is 0 Å². The summed E-state index contributed by atoms with van der Waals surface area (Å²) in [4.78, 5) is 27.7. The number of rotatable bonds is 11. The van der Waals surface area contributed by atoms with Crippen molar-refractivity contribution in [2.75, 3.05) is 12.9 Å². The minimum atomic E-state index is -0.612. The summed E-state index contributed by atoms with van der Waals surface area (Å²) < 4.78 is 5.18. The maximum Gasteiger partial charge on any atom is 0.243 e. The van der Waals surface area contributed by atoms with Crippen LogP contribution >= 0.6 is 35.0 Å². The molecule has 0 radical (unpaired) electrons. The van der Waals surface area contributed by atoms with Crippen molar-refractivity contribution in [2.45, 2.75) is 51.6 Å². The van der Waals surface area contributed by atoms with E-state index in [1.165, 1.54) is 11.8 Å². The molecule has 0 spiro atoms. The Balaban J connectivity index is 2.17. The van der Waals surface area contributed by atoms with E-state index in [9.17, 15) is 9.59 Å². The number of carbonyl (C=O) groups is 2. The molecule has 0 aliphatic carbocycles. The Hall–Kier alpha value is -1.89. The topological polar surface area (TPSA) is 58.6 Å². The molecule has 0 unspecified atom stereocenters. The van der Waals surface area contributed by atoms with Gasteiger partial charge >= 0.3 is 0 Å². The fourth-order valence-electron chi connectivity index (χ4n) is 3.21. The zero-order valence-electron chi connectivity index (χ0n) is 18.9. The Kier molecular flexibility index (Phi) is 10.7. The molecule has 2 aromatic carbocycles. The van der Waals surface area contributed by atoms with E-state index in [1.54, 1.807) is 30.2 Å². The second kappa shape index (κ2) is 13.0. The molecule has 1 N–H and O–H groups in total. The Labute approximate surface area is 204 Å². The smallest absolute Gasteiger partial charge is 0.243 e. The van der Waals surface area contributed by atoms with E-state index in [4.69, 9.17) is 27.9 Å². The predicted molar refractivity (Wildman–Crippen MR) is 134 cm³/mol. The van der Waals surface area contributed by atoms with Crippen LogP contribution in [0.4, 0.5) is 0 Å². The maximum absolute atomic E-state index is 13.3. The third-order valence-corrected chi connectivity index (χ3v) is 6.56. The van der Waals surface area contributed by atoms with Crippen LogP contribution in [0.3, 0.4) is 0 Å². The molecule has 0 aliphatic heterocycles. The van der Waals surface area contributed by atoms with E-state index in [0.29, 0.717) is 27.8 Å². The third kappa shape index (κ3) is 7.61. The van der Waals surface area contributed by atoms with Crippen LogP contribution in [0.1, 0.15) is 38.3 Å². The van der Waals surface area contributed by atoms with Crippen LogP contribution in [0.25, 0.3) is 0 Å². The lowest BCUT2D eigenvalue weighted by Gasteiger charge is -2.31. The summed E-state index contributed by atoms with van der Waals surface area (Å²) in [6.45, 7) is 5.85. The van der Waals surface area contributed by atoms with Crippen molar-refractivity contribution in [3.8, 4) is 5.75 Å². The van der Waals surface area contributed by atoms with Crippen molar-refractivity contribution < 1.29 is 14.3 Å². The number of ether oxygens (including phenoxy) is 1. The molecule has 0 aromatic heterocycles. The van der Waals surface area contributed by atoms with Gasteiger partial charge in [0, 0.05) is 33.9 Å². The number of thioether (sulfide) groups is 1. The first kappa shape index (κ1) is 26.4. The lowest BCUT2D eigenvalue weighted by molar-refractivity contribution is -0.139. The average molecular weight is 497 g/mol. The summed E-state index contributed by atoms with van der Waals surface area (Å²) in [6, 6.07) is 12.3. The van der Waals surface area contributed by atoms with Crippen LogP contribution in [0.2, 0.25) is 10.0 Å². The lowest BCUT2D eigenvalue weighted by Crippen LogP contribution is -2.51. The van der Waals surface area contributed by atoms with Gasteiger partial charge in [0.15, 0.2) is 0 Å². The standard InChI is InChI=1S/C24H30Cl2N2O3S/c1-5-22(24(30)27-16(2)3)28(13-19-20(25)7-6-8-21(19)26)23(29)15-32-14-17-9-11-18(31-4)12-10-17/h6-12,16,22H,5,13-15H2,1-4H3,(H,27,30)/t22-/m1/s1. The van der Waals surface area contributed by atoms with E-state index < -0.39 is 6.04 Å². The number of amides is 2. The molecule has 0 fully saturated rings. The highest BCUT2D eigenvalue weighted by Crippen LogP contribution is 2.27. The highest BCUT2D eigenvalue weighted by atomic mass is 35.5. The van der Waals surface area contributed by atoms with Gasteiger partial charge < -0.3 is 15.0 Å². The Morgan fingerprint density at radius 3 is 2.25 bits per heavy atom. The maximum atomic E-state index is 13.3. The van der Waals surface area contributed by atoms with Gasteiger partial charge in [0.2, 0.25) is 11.8 Å². The summed E-state index contributed by atoms with van der Waals surface area (Å²) >= 11 is 14.2. The molecule has 2 amide bonds. The second-order valence-electron chi connectivity index (χ2n) is 7.65. The van der Waals surface area contributed by atoms with Gasteiger partial charge in [0.05, 0.1) is 12.9 Å². The van der Waals surface area contributed by atoms with Gasteiger partial charge in [-0.2, -0.15) is 0 Å². The first-order valence-electron chi connectivity index (χ1n) is 10.5. The minimum Gasteiger partial charge on any atom is -0.497 e. The van der Waals surface area contributed by atoms with Crippen molar-refractivity contribution in [3.63, 3.8) is 0 Å². The predicted octanol–water partition coefficient (Wildman–Crippen LogP) is 5.57. The van der Waals surface area contributed by atoms with E-state index in [2.05, 4.69) is 5.32 Å². The van der Waals surface area contributed by atoms with Crippen LogP contribution in [0.5, 0.6) is 5.75 Å². The molecule has 32 heavy (non-hydrogen) atoms. The number of carbonyl (C=O) groups excluding carboxylic acids is 2. The molecular weight excluding hydrogens is 467 g/mol. The molecule has 0 bridgehead atoms. The zero-order valence-corrected chi connectivity index (χ0v) is 21.2. The number of nitrogens with zero attached hydrogens (tertiary/aromatic N) is 1. The largest absolute Gasteiger partial charge is 0.497 e. The van der Waals surface area contributed by atoms with Crippen molar-refractivity contribution in [3.05, 3.63) is 63.6 Å². The lowest BCUT2D eigenvalue weighted by atomic mass is 10.1. The van der Waals surface area contributed by atoms with Crippen LogP contribution in [-0.4, -0.2) is 41.7 Å². The molecule has 0 heterocycles. The van der Waals surface area contributed by atoms with E-state index >= 15 is 0 Å². The highest BCUT2D eigenvalue weighted by Gasteiger charge is 2.29. The van der Waals surface area contributed by atoms with Crippen molar-refractivity contribution >= 4 is 46.8 Å². The van der Waals surface area contributed by atoms with Gasteiger partial charge in [0.25, 0.3) is 0 Å². The Morgan fingerprint density at radius 1 is 1.09 bits per heavy atom. The quantitative estimate of drug-likeness (QED) is 0.441. The second-order valence-corrected chi connectivity index (χ2v) is 9.45. The molecule has 2 aromatic rings. The fraction of sp³-hybridized carbons (Fsp3) is 0.417. The van der Waals surface area contributed by atoms with Gasteiger partial charge in [-0.05, 0) is 50.1 Å². The van der Waals surface area contributed by atoms with E-state index in [0.717, 1.165) is 11.3 Å². The Morgan fingerprint density at radius 2 is 1.72 bits per heavy atom. The molecule has 174 valence electrons. The average Bonchev–Trinajstić information content (AvgIpc) is 2.75. The number of hydrogen-bond acceptors (Lipinski definition) is 4.